The number of halogens is 2. The predicted molar refractivity (Wildman–Crippen MR) is 165 cm³/mol. The number of likely N-dealkylation sites (N-methyl/N-ethyl adjacent to an activating group) is 1. The van der Waals surface area contributed by atoms with Crippen LogP contribution < -0.4 is 9.62 Å². The number of nitrogens with one attached hydrogen (secondary N) is 1. The predicted octanol–water partition coefficient (Wildman–Crippen LogP) is 5.68. The van der Waals surface area contributed by atoms with E-state index in [0.29, 0.717) is 20.7 Å². The van der Waals surface area contributed by atoms with Crippen LogP contribution in [0.3, 0.4) is 0 Å². The molecular formula is C31H29BrClN3O4S. The molecule has 4 aromatic rings. The third kappa shape index (κ3) is 7.75. The van der Waals surface area contributed by atoms with E-state index in [9.17, 15) is 18.0 Å². The van der Waals surface area contributed by atoms with E-state index in [-0.39, 0.29) is 23.8 Å². The molecule has 7 nitrogen and oxygen atoms in total. The number of hydrogen-bond acceptors (Lipinski definition) is 4. The Labute approximate surface area is 253 Å². The average molecular weight is 655 g/mol. The van der Waals surface area contributed by atoms with E-state index in [4.69, 9.17) is 11.6 Å². The van der Waals surface area contributed by atoms with Gasteiger partial charge in [-0.1, -0.05) is 94.3 Å². The quantitative estimate of drug-likeness (QED) is 0.225. The first-order valence-electron chi connectivity index (χ1n) is 12.8. The number of sulfonamides is 1. The second-order valence-electron chi connectivity index (χ2n) is 9.28. The van der Waals surface area contributed by atoms with Crippen LogP contribution in [0.15, 0.2) is 119 Å². The maximum atomic E-state index is 14.2. The van der Waals surface area contributed by atoms with Gasteiger partial charge in [0.25, 0.3) is 10.0 Å². The van der Waals surface area contributed by atoms with Crippen LogP contribution in [0.4, 0.5) is 5.69 Å². The summed E-state index contributed by atoms with van der Waals surface area (Å²) in [5.74, 6) is -0.918. The fourth-order valence-electron chi connectivity index (χ4n) is 4.43. The fourth-order valence-corrected chi connectivity index (χ4v) is 6.46. The minimum atomic E-state index is -4.15. The summed E-state index contributed by atoms with van der Waals surface area (Å²) >= 11 is 9.65. The van der Waals surface area contributed by atoms with E-state index in [0.717, 1.165) is 9.87 Å². The third-order valence-electron chi connectivity index (χ3n) is 6.47. The summed E-state index contributed by atoms with van der Waals surface area (Å²) in [4.78, 5) is 29.0. The van der Waals surface area contributed by atoms with Crippen LogP contribution in [-0.2, 0) is 32.6 Å². The van der Waals surface area contributed by atoms with Gasteiger partial charge < -0.3 is 10.2 Å². The zero-order valence-corrected chi connectivity index (χ0v) is 25.4. The van der Waals surface area contributed by atoms with Crippen molar-refractivity contribution in [2.75, 3.05) is 17.9 Å². The van der Waals surface area contributed by atoms with Crippen molar-refractivity contribution in [3.63, 3.8) is 0 Å². The molecule has 10 heteroatoms. The number of hydrogen-bond donors (Lipinski definition) is 1. The summed E-state index contributed by atoms with van der Waals surface area (Å²) in [7, 11) is -2.64. The molecule has 0 aromatic heterocycles. The SMILES string of the molecule is CNC(=O)[C@@H](Cc1ccccc1)N(Cc1cccc(Cl)c1)C(=O)CN(c1cccc(Br)c1)S(=O)(=O)c1ccccc1. The zero-order chi connectivity index (χ0) is 29.4. The lowest BCUT2D eigenvalue weighted by Crippen LogP contribution is -2.53. The number of carbonyl (C=O) groups excluding carboxylic acids is 2. The van der Waals surface area contributed by atoms with Gasteiger partial charge in [-0.25, -0.2) is 8.42 Å². The van der Waals surface area contributed by atoms with Crippen LogP contribution in [0.2, 0.25) is 5.02 Å². The van der Waals surface area contributed by atoms with Crippen LogP contribution in [0, 0.1) is 0 Å². The molecule has 0 aliphatic heterocycles. The number of anilines is 1. The van der Waals surface area contributed by atoms with Crippen LogP contribution in [0.1, 0.15) is 11.1 Å². The average Bonchev–Trinajstić information content (AvgIpc) is 2.98. The van der Waals surface area contributed by atoms with Crippen LogP contribution in [0.5, 0.6) is 0 Å². The lowest BCUT2D eigenvalue weighted by molar-refractivity contribution is -0.139. The van der Waals surface area contributed by atoms with Crippen molar-refractivity contribution >= 4 is 55.1 Å². The van der Waals surface area contributed by atoms with E-state index >= 15 is 0 Å². The van der Waals surface area contributed by atoms with Gasteiger partial charge in [-0.05, 0) is 53.6 Å². The highest BCUT2D eigenvalue weighted by atomic mass is 79.9. The van der Waals surface area contributed by atoms with E-state index in [1.54, 1.807) is 60.7 Å². The fraction of sp³-hybridized carbons (Fsp3) is 0.161. The molecule has 0 unspecified atom stereocenters. The first-order valence-corrected chi connectivity index (χ1v) is 15.4. The molecule has 1 atom stereocenters. The highest BCUT2D eigenvalue weighted by molar-refractivity contribution is 9.10. The molecule has 212 valence electrons. The van der Waals surface area contributed by atoms with Crippen molar-refractivity contribution in [3.8, 4) is 0 Å². The van der Waals surface area contributed by atoms with Gasteiger partial charge in [0.2, 0.25) is 11.8 Å². The van der Waals surface area contributed by atoms with Gasteiger partial charge in [0, 0.05) is 29.5 Å². The molecule has 0 aliphatic carbocycles. The number of carbonyl (C=O) groups is 2. The first-order chi connectivity index (χ1) is 19.7. The Hall–Kier alpha value is -3.66. The van der Waals surface area contributed by atoms with Crippen molar-refractivity contribution < 1.29 is 18.0 Å². The molecule has 41 heavy (non-hydrogen) atoms. The highest BCUT2D eigenvalue weighted by Crippen LogP contribution is 2.27. The summed E-state index contributed by atoms with van der Waals surface area (Å²) in [6, 6.07) is 30.1. The highest BCUT2D eigenvalue weighted by Gasteiger charge is 2.34. The van der Waals surface area contributed by atoms with Crippen molar-refractivity contribution in [3.05, 3.63) is 130 Å². The van der Waals surface area contributed by atoms with Gasteiger partial charge in [0.1, 0.15) is 12.6 Å². The first kappa shape index (κ1) is 30.3. The van der Waals surface area contributed by atoms with Crippen LogP contribution >= 0.6 is 27.5 Å². The Morgan fingerprint density at radius 2 is 1.49 bits per heavy atom. The lowest BCUT2D eigenvalue weighted by Gasteiger charge is -2.33. The Kier molecular flexibility index (Phi) is 10.2. The standard InChI is InChI=1S/C31H29BrClN3O4S/c1-34-31(38)29(19-23-10-4-2-5-11-23)35(21-24-12-8-14-26(33)18-24)30(37)22-36(27-15-9-13-25(32)20-27)41(39,40)28-16-6-3-7-17-28/h2-18,20,29H,19,21-22H2,1H3,(H,34,38)/t29-/m1/s1. The van der Waals surface area contributed by atoms with Crippen LogP contribution in [0.25, 0.3) is 0 Å². The molecule has 0 spiro atoms. The third-order valence-corrected chi connectivity index (χ3v) is 8.98. The minimum absolute atomic E-state index is 0.0429. The number of amides is 2. The van der Waals surface area contributed by atoms with E-state index in [1.165, 1.54) is 24.1 Å². The molecule has 0 saturated heterocycles. The number of nitrogens with zero attached hydrogens (tertiary/aromatic N) is 2. The van der Waals surface area contributed by atoms with E-state index in [1.807, 2.05) is 36.4 Å². The largest absolute Gasteiger partial charge is 0.357 e. The number of rotatable bonds is 11. The summed E-state index contributed by atoms with van der Waals surface area (Å²) in [6.45, 7) is -0.488. The second-order valence-corrected chi connectivity index (χ2v) is 12.5. The van der Waals surface area contributed by atoms with Crippen molar-refractivity contribution in [2.24, 2.45) is 0 Å². The van der Waals surface area contributed by atoms with E-state index in [2.05, 4.69) is 21.2 Å². The Bertz CT molecular complexity index is 1600. The van der Waals surface area contributed by atoms with Gasteiger partial charge in [-0.15, -0.1) is 0 Å². The van der Waals surface area contributed by atoms with Crippen molar-refractivity contribution in [1.82, 2.24) is 10.2 Å². The molecule has 0 saturated carbocycles. The van der Waals surface area contributed by atoms with Crippen LogP contribution in [-0.4, -0.2) is 44.8 Å². The molecule has 0 radical (unpaired) electrons. The molecule has 4 rings (SSSR count). The smallest absolute Gasteiger partial charge is 0.264 e. The molecule has 0 heterocycles. The molecule has 0 aliphatic rings. The van der Waals surface area contributed by atoms with Crippen molar-refractivity contribution in [1.29, 1.82) is 0 Å². The van der Waals surface area contributed by atoms with Gasteiger partial charge in [-0.2, -0.15) is 0 Å². The Morgan fingerprint density at radius 3 is 2.12 bits per heavy atom. The van der Waals surface area contributed by atoms with Gasteiger partial charge in [0.15, 0.2) is 0 Å². The monoisotopic (exact) mass is 653 g/mol. The van der Waals surface area contributed by atoms with Gasteiger partial charge in [0.05, 0.1) is 10.6 Å². The maximum absolute atomic E-state index is 14.2. The molecule has 0 fully saturated rings. The van der Waals surface area contributed by atoms with E-state index < -0.39 is 28.5 Å². The summed E-state index contributed by atoms with van der Waals surface area (Å²) in [5.41, 5.74) is 1.86. The lowest BCUT2D eigenvalue weighted by atomic mass is 10.0. The summed E-state index contributed by atoms with van der Waals surface area (Å²) in [6.07, 6.45) is 0.231. The van der Waals surface area contributed by atoms with Gasteiger partial charge in [-0.3, -0.25) is 13.9 Å². The molecule has 2 amide bonds. The topological polar surface area (TPSA) is 86.8 Å². The van der Waals surface area contributed by atoms with Gasteiger partial charge >= 0.3 is 0 Å². The Morgan fingerprint density at radius 1 is 0.854 bits per heavy atom. The minimum Gasteiger partial charge on any atom is -0.357 e. The number of benzene rings is 4. The molecule has 4 aromatic carbocycles. The molecule has 0 bridgehead atoms. The molecule has 1 N–H and O–H groups in total. The Balaban J connectivity index is 1.78. The summed E-state index contributed by atoms with van der Waals surface area (Å²) in [5, 5.41) is 3.15. The normalized spacial score (nSPS) is 11.9. The van der Waals surface area contributed by atoms with Crippen molar-refractivity contribution in [2.45, 2.75) is 23.9 Å². The zero-order valence-electron chi connectivity index (χ0n) is 22.3. The summed E-state index contributed by atoms with van der Waals surface area (Å²) < 4.78 is 29.5. The second kappa shape index (κ2) is 13.8. The maximum Gasteiger partial charge on any atom is 0.264 e. The molecular weight excluding hydrogens is 626 g/mol.